The van der Waals surface area contributed by atoms with Crippen LogP contribution in [-0.4, -0.2) is 31.0 Å². The number of terminal acetylenes is 1. The minimum atomic E-state index is 0. The van der Waals surface area contributed by atoms with E-state index >= 15 is 0 Å². The maximum atomic E-state index is 6.00. The predicted octanol–water partition coefficient (Wildman–Crippen LogP) is 3.64. The van der Waals surface area contributed by atoms with E-state index in [-0.39, 0.29) is 24.0 Å². The first-order valence-corrected chi connectivity index (χ1v) is 6.71. The van der Waals surface area contributed by atoms with Crippen molar-refractivity contribution in [1.29, 1.82) is 0 Å². The van der Waals surface area contributed by atoms with Gasteiger partial charge in [0.1, 0.15) is 6.54 Å². The van der Waals surface area contributed by atoms with Crippen LogP contribution in [-0.2, 0) is 6.54 Å². The zero-order valence-electron chi connectivity index (χ0n) is 11.5. The van der Waals surface area contributed by atoms with Crippen molar-refractivity contribution in [3.05, 3.63) is 33.8 Å². The molecule has 0 fully saturated rings. The molecule has 1 rings (SSSR count). The fraction of sp³-hybridized carbons (Fsp3) is 0.357. The molecule has 0 bridgehead atoms. The van der Waals surface area contributed by atoms with E-state index < -0.39 is 0 Å². The Morgan fingerprint density at radius 3 is 2.65 bits per heavy atom. The minimum Gasteiger partial charge on any atom is -0.356 e. The lowest BCUT2D eigenvalue weighted by molar-refractivity contribution is 0.478. The van der Waals surface area contributed by atoms with Gasteiger partial charge in [-0.05, 0) is 24.6 Å². The van der Waals surface area contributed by atoms with Crippen LogP contribution in [0.4, 0.5) is 0 Å². The maximum absolute atomic E-state index is 6.00. The number of rotatable bonds is 4. The lowest BCUT2D eigenvalue weighted by Crippen LogP contribution is -2.38. The van der Waals surface area contributed by atoms with Crippen LogP contribution in [0.1, 0.15) is 12.5 Å². The Morgan fingerprint density at radius 1 is 1.40 bits per heavy atom. The van der Waals surface area contributed by atoms with Crippen molar-refractivity contribution in [2.45, 2.75) is 13.5 Å². The number of nitrogens with one attached hydrogen (secondary N) is 1. The summed E-state index contributed by atoms with van der Waals surface area (Å²) in [4.78, 5) is 6.29. The van der Waals surface area contributed by atoms with Gasteiger partial charge in [-0.25, -0.2) is 4.99 Å². The molecule has 0 saturated heterocycles. The SMILES string of the molecule is C#CCN=C(NCC)N(C)Cc1ccc(Cl)c(Cl)c1.I. The van der Waals surface area contributed by atoms with Gasteiger partial charge in [-0.15, -0.1) is 30.4 Å². The summed E-state index contributed by atoms with van der Waals surface area (Å²) in [5.41, 5.74) is 1.06. The zero-order chi connectivity index (χ0) is 14.3. The van der Waals surface area contributed by atoms with E-state index in [1.807, 2.05) is 31.0 Å². The molecular formula is C14H18Cl2IN3. The molecule has 0 aromatic heterocycles. The van der Waals surface area contributed by atoms with Crippen LogP contribution in [0, 0.1) is 12.3 Å². The number of guanidine groups is 1. The summed E-state index contributed by atoms with van der Waals surface area (Å²) in [5, 5.41) is 4.30. The van der Waals surface area contributed by atoms with Gasteiger partial charge >= 0.3 is 0 Å². The van der Waals surface area contributed by atoms with Gasteiger partial charge in [0.05, 0.1) is 10.0 Å². The third kappa shape index (κ3) is 6.21. The highest BCUT2D eigenvalue weighted by molar-refractivity contribution is 14.0. The molecule has 0 aliphatic carbocycles. The average molecular weight is 426 g/mol. The van der Waals surface area contributed by atoms with Gasteiger partial charge in [-0.1, -0.05) is 35.2 Å². The number of hydrogen-bond acceptors (Lipinski definition) is 1. The molecule has 0 atom stereocenters. The summed E-state index contributed by atoms with van der Waals surface area (Å²) < 4.78 is 0. The van der Waals surface area contributed by atoms with Crippen molar-refractivity contribution in [1.82, 2.24) is 10.2 Å². The fourth-order valence-corrected chi connectivity index (χ4v) is 1.90. The molecule has 20 heavy (non-hydrogen) atoms. The van der Waals surface area contributed by atoms with E-state index in [0.29, 0.717) is 23.1 Å². The molecule has 1 N–H and O–H groups in total. The van der Waals surface area contributed by atoms with Gasteiger partial charge in [-0.2, -0.15) is 0 Å². The predicted molar refractivity (Wildman–Crippen MR) is 98.2 cm³/mol. The van der Waals surface area contributed by atoms with E-state index in [1.165, 1.54) is 0 Å². The molecule has 6 heteroatoms. The molecule has 0 unspecified atom stereocenters. The first-order chi connectivity index (χ1) is 9.08. The molecule has 0 aliphatic rings. The molecule has 0 amide bonds. The highest BCUT2D eigenvalue weighted by atomic mass is 127. The topological polar surface area (TPSA) is 27.6 Å². The first kappa shape index (κ1) is 19.4. The summed E-state index contributed by atoms with van der Waals surface area (Å²) in [6, 6.07) is 5.58. The average Bonchev–Trinajstić information content (AvgIpc) is 2.38. The number of nitrogens with zero attached hydrogens (tertiary/aromatic N) is 2. The molecule has 0 radical (unpaired) electrons. The number of benzene rings is 1. The Labute approximate surface area is 147 Å². The van der Waals surface area contributed by atoms with E-state index in [2.05, 4.69) is 16.2 Å². The quantitative estimate of drug-likeness (QED) is 0.345. The summed E-state index contributed by atoms with van der Waals surface area (Å²) in [6.07, 6.45) is 5.23. The van der Waals surface area contributed by atoms with Gasteiger partial charge in [0, 0.05) is 20.1 Å². The Morgan fingerprint density at radius 2 is 2.10 bits per heavy atom. The third-order valence-corrected chi connectivity index (χ3v) is 3.16. The zero-order valence-corrected chi connectivity index (χ0v) is 15.3. The van der Waals surface area contributed by atoms with Crippen molar-refractivity contribution in [2.24, 2.45) is 4.99 Å². The van der Waals surface area contributed by atoms with Crippen molar-refractivity contribution in [3.8, 4) is 12.3 Å². The van der Waals surface area contributed by atoms with E-state index in [4.69, 9.17) is 29.6 Å². The Bertz CT molecular complexity index is 498. The van der Waals surface area contributed by atoms with E-state index in [1.54, 1.807) is 6.07 Å². The molecule has 110 valence electrons. The van der Waals surface area contributed by atoms with Crippen molar-refractivity contribution in [2.75, 3.05) is 20.1 Å². The standard InChI is InChI=1S/C14H17Cl2N3.HI/c1-4-8-18-14(17-5-2)19(3)10-11-6-7-12(15)13(16)9-11;/h1,6-7,9H,5,8,10H2,2-3H3,(H,17,18);1H. The van der Waals surface area contributed by atoms with Crippen LogP contribution in [0.3, 0.4) is 0 Å². The second kappa shape index (κ2) is 10.1. The Kier molecular flexibility index (Phi) is 9.82. The normalized spacial score (nSPS) is 10.4. The van der Waals surface area contributed by atoms with Crippen LogP contribution in [0.5, 0.6) is 0 Å². The molecule has 0 heterocycles. The summed E-state index contributed by atoms with van der Waals surface area (Å²) >= 11 is 11.9. The number of halogens is 3. The maximum Gasteiger partial charge on any atom is 0.194 e. The summed E-state index contributed by atoms with van der Waals surface area (Å²) in [6.45, 7) is 3.83. The van der Waals surface area contributed by atoms with Crippen molar-refractivity contribution >= 4 is 53.1 Å². The lowest BCUT2D eigenvalue weighted by Gasteiger charge is -2.22. The molecule has 1 aromatic carbocycles. The highest BCUT2D eigenvalue weighted by Crippen LogP contribution is 2.23. The largest absolute Gasteiger partial charge is 0.356 e. The van der Waals surface area contributed by atoms with Crippen molar-refractivity contribution < 1.29 is 0 Å². The minimum absolute atomic E-state index is 0. The summed E-state index contributed by atoms with van der Waals surface area (Å²) in [7, 11) is 1.94. The molecule has 0 spiro atoms. The highest BCUT2D eigenvalue weighted by Gasteiger charge is 2.07. The molecular weight excluding hydrogens is 408 g/mol. The monoisotopic (exact) mass is 425 g/mol. The molecule has 0 aliphatic heterocycles. The van der Waals surface area contributed by atoms with Crippen LogP contribution < -0.4 is 5.32 Å². The second-order valence-corrected chi connectivity index (χ2v) is 4.79. The third-order valence-electron chi connectivity index (χ3n) is 2.42. The molecule has 1 aromatic rings. The van der Waals surface area contributed by atoms with Gasteiger partial charge in [0.25, 0.3) is 0 Å². The van der Waals surface area contributed by atoms with Crippen LogP contribution in [0.15, 0.2) is 23.2 Å². The van der Waals surface area contributed by atoms with Gasteiger partial charge in [0.15, 0.2) is 5.96 Å². The van der Waals surface area contributed by atoms with Gasteiger partial charge in [0.2, 0.25) is 0 Å². The van der Waals surface area contributed by atoms with Crippen LogP contribution in [0.25, 0.3) is 0 Å². The molecule has 0 saturated carbocycles. The van der Waals surface area contributed by atoms with Crippen LogP contribution >= 0.6 is 47.2 Å². The number of hydrogen-bond donors (Lipinski definition) is 1. The van der Waals surface area contributed by atoms with Crippen LogP contribution in [0.2, 0.25) is 10.0 Å². The van der Waals surface area contributed by atoms with Gasteiger partial charge < -0.3 is 10.2 Å². The molecule has 3 nitrogen and oxygen atoms in total. The fourth-order valence-electron chi connectivity index (χ4n) is 1.58. The second-order valence-electron chi connectivity index (χ2n) is 3.98. The Hall–Kier alpha value is -0.640. The van der Waals surface area contributed by atoms with Gasteiger partial charge in [-0.3, -0.25) is 0 Å². The smallest absolute Gasteiger partial charge is 0.194 e. The first-order valence-electron chi connectivity index (χ1n) is 5.95. The van der Waals surface area contributed by atoms with Crippen molar-refractivity contribution in [3.63, 3.8) is 0 Å². The van der Waals surface area contributed by atoms with E-state index in [9.17, 15) is 0 Å². The number of aliphatic imine (C=N–C) groups is 1. The summed E-state index contributed by atoms with van der Waals surface area (Å²) in [5.74, 6) is 3.27. The lowest BCUT2D eigenvalue weighted by atomic mass is 10.2. The van der Waals surface area contributed by atoms with E-state index in [0.717, 1.165) is 18.1 Å². The Balaban J connectivity index is 0.00000361.